The van der Waals surface area contributed by atoms with E-state index in [1.54, 1.807) is 0 Å². The van der Waals surface area contributed by atoms with Gasteiger partial charge in [-0.15, -0.1) is 0 Å². The van der Waals surface area contributed by atoms with E-state index in [4.69, 9.17) is 5.73 Å². The summed E-state index contributed by atoms with van der Waals surface area (Å²) in [5.41, 5.74) is 8.77. The van der Waals surface area contributed by atoms with Crippen molar-refractivity contribution in [2.24, 2.45) is 5.73 Å². The van der Waals surface area contributed by atoms with Crippen molar-refractivity contribution in [1.82, 2.24) is 9.80 Å². The summed E-state index contributed by atoms with van der Waals surface area (Å²) in [7, 11) is 2.20. The summed E-state index contributed by atoms with van der Waals surface area (Å²) in [6, 6.07) is 9.32. The molecule has 1 unspecified atom stereocenters. The fourth-order valence-corrected chi connectivity index (χ4v) is 3.13. The summed E-state index contributed by atoms with van der Waals surface area (Å²) in [4.78, 5) is 4.97. The Kier molecular flexibility index (Phi) is 6.22. The van der Waals surface area contributed by atoms with Crippen LogP contribution in [0.3, 0.4) is 0 Å². The van der Waals surface area contributed by atoms with E-state index in [0.29, 0.717) is 18.5 Å². The topological polar surface area (TPSA) is 32.5 Å². The Labute approximate surface area is 130 Å². The predicted molar refractivity (Wildman–Crippen MR) is 90.6 cm³/mol. The van der Waals surface area contributed by atoms with E-state index in [1.807, 2.05) is 0 Å². The van der Waals surface area contributed by atoms with Crippen LogP contribution in [0.2, 0.25) is 0 Å². The largest absolute Gasteiger partial charge is 0.329 e. The maximum atomic E-state index is 6.03. The van der Waals surface area contributed by atoms with E-state index in [-0.39, 0.29) is 0 Å². The molecule has 1 aromatic carbocycles. The van der Waals surface area contributed by atoms with Crippen LogP contribution in [0.5, 0.6) is 0 Å². The van der Waals surface area contributed by atoms with Crippen LogP contribution < -0.4 is 5.73 Å². The normalized spacial score (nSPS) is 17.8. The summed E-state index contributed by atoms with van der Waals surface area (Å²) in [5, 5.41) is 0. The summed E-state index contributed by atoms with van der Waals surface area (Å²) >= 11 is 0. The van der Waals surface area contributed by atoms with Gasteiger partial charge in [-0.1, -0.05) is 38.1 Å². The van der Waals surface area contributed by atoms with Gasteiger partial charge in [-0.2, -0.15) is 0 Å². The molecule has 118 valence electrons. The molecule has 0 amide bonds. The molecule has 3 nitrogen and oxygen atoms in total. The van der Waals surface area contributed by atoms with Crippen LogP contribution in [0.4, 0.5) is 0 Å². The van der Waals surface area contributed by atoms with Crippen LogP contribution in [-0.4, -0.2) is 49.6 Å². The van der Waals surface area contributed by atoms with Crippen LogP contribution in [0, 0.1) is 0 Å². The molecule has 1 aromatic rings. The highest BCUT2D eigenvalue weighted by atomic mass is 15.2. The van der Waals surface area contributed by atoms with Gasteiger partial charge < -0.3 is 10.6 Å². The van der Waals surface area contributed by atoms with E-state index < -0.39 is 0 Å². The smallest absolute Gasteiger partial charge is 0.0467 e. The Balaban J connectivity index is 1.93. The number of nitrogens with two attached hydrogens (primary N) is 1. The third-order valence-electron chi connectivity index (χ3n) is 4.71. The lowest BCUT2D eigenvalue weighted by Gasteiger charge is -2.29. The number of likely N-dealkylation sites (N-methyl/N-ethyl adjacent to an activating group) is 1. The van der Waals surface area contributed by atoms with E-state index in [0.717, 1.165) is 13.1 Å². The number of likely N-dealkylation sites (tertiary alicyclic amines) is 1. The van der Waals surface area contributed by atoms with Gasteiger partial charge in [0.25, 0.3) is 0 Å². The van der Waals surface area contributed by atoms with Crippen molar-refractivity contribution in [3.8, 4) is 0 Å². The molecule has 1 atom stereocenters. The quantitative estimate of drug-likeness (QED) is 0.838. The molecule has 1 aliphatic heterocycles. The summed E-state index contributed by atoms with van der Waals surface area (Å²) in [6.07, 6.45) is 2.72. The van der Waals surface area contributed by atoms with Crippen molar-refractivity contribution < 1.29 is 0 Å². The van der Waals surface area contributed by atoms with Crippen molar-refractivity contribution in [3.05, 3.63) is 35.4 Å². The predicted octanol–water partition coefficient (Wildman–Crippen LogP) is 2.84. The van der Waals surface area contributed by atoms with Gasteiger partial charge in [0.2, 0.25) is 0 Å². The van der Waals surface area contributed by atoms with Gasteiger partial charge in [0.15, 0.2) is 0 Å². The van der Waals surface area contributed by atoms with Crippen LogP contribution in [0.15, 0.2) is 24.3 Å². The number of nitrogens with zero attached hydrogens (tertiary/aromatic N) is 2. The van der Waals surface area contributed by atoms with Crippen LogP contribution in [-0.2, 0) is 0 Å². The van der Waals surface area contributed by atoms with Gasteiger partial charge >= 0.3 is 0 Å². The van der Waals surface area contributed by atoms with Gasteiger partial charge in [0.1, 0.15) is 0 Å². The molecule has 2 N–H and O–H groups in total. The molecule has 21 heavy (non-hydrogen) atoms. The Morgan fingerprint density at radius 3 is 2.19 bits per heavy atom. The maximum absolute atomic E-state index is 6.03. The molecular weight excluding hydrogens is 258 g/mol. The average Bonchev–Trinajstić information content (AvgIpc) is 3.00. The summed E-state index contributed by atoms with van der Waals surface area (Å²) in [5.74, 6) is 0.586. The lowest BCUT2D eigenvalue weighted by atomic mass is 9.98. The van der Waals surface area contributed by atoms with E-state index in [9.17, 15) is 0 Å². The minimum atomic E-state index is 0.328. The first-order valence-electron chi connectivity index (χ1n) is 8.34. The molecule has 1 heterocycles. The van der Waals surface area contributed by atoms with Gasteiger partial charge in [0.05, 0.1) is 0 Å². The maximum Gasteiger partial charge on any atom is 0.0467 e. The average molecular weight is 289 g/mol. The van der Waals surface area contributed by atoms with E-state index in [1.165, 1.54) is 37.1 Å². The number of benzene rings is 1. The highest BCUT2D eigenvalue weighted by Gasteiger charge is 2.18. The van der Waals surface area contributed by atoms with Crippen molar-refractivity contribution in [2.45, 2.75) is 38.6 Å². The zero-order valence-electron chi connectivity index (χ0n) is 13.9. The number of rotatable bonds is 7. The van der Waals surface area contributed by atoms with E-state index in [2.05, 4.69) is 55.0 Å². The first-order chi connectivity index (χ1) is 10.1. The Hall–Kier alpha value is -0.900. The zero-order valence-corrected chi connectivity index (χ0v) is 13.9. The molecule has 0 saturated carbocycles. The van der Waals surface area contributed by atoms with Crippen molar-refractivity contribution in [3.63, 3.8) is 0 Å². The van der Waals surface area contributed by atoms with Gasteiger partial charge in [0, 0.05) is 25.7 Å². The fourth-order valence-electron chi connectivity index (χ4n) is 3.13. The Bertz CT molecular complexity index is 407. The highest BCUT2D eigenvalue weighted by molar-refractivity contribution is 5.27. The van der Waals surface area contributed by atoms with Crippen molar-refractivity contribution >= 4 is 0 Å². The van der Waals surface area contributed by atoms with Crippen molar-refractivity contribution in [2.75, 3.05) is 39.8 Å². The number of hydrogen-bond acceptors (Lipinski definition) is 3. The summed E-state index contributed by atoms with van der Waals surface area (Å²) < 4.78 is 0. The molecule has 3 heteroatoms. The third kappa shape index (κ3) is 4.53. The molecule has 2 rings (SSSR count). The zero-order chi connectivity index (χ0) is 15.2. The number of hydrogen-bond donors (Lipinski definition) is 1. The monoisotopic (exact) mass is 289 g/mol. The van der Waals surface area contributed by atoms with Gasteiger partial charge in [-0.25, -0.2) is 0 Å². The Morgan fingerprint density at radius 2 is 1.67 bits per heavy atom. The molecule has 1 aliphatic rings. The second-order valence-corrected chi connectivity index (χ2v) is 6.60. The van der Waals surface area contributed by atoms with Crippen LogP contribution in [0.25, 0.3) is 0 Å². The minimum absolute atomic E-state index is 0.328. The molecule has 0 radical (unpaired) electrons. The third-order valence-corrected chi connectivity index (χ3v) is 4.71. The van der Waals surface area contributed by atoms with Crippen molar-refractivity contribution in [1.29, 1.82) is 0 Å². The molecule has 0 bridgehead atoms. The minimum Gasteiger partial charge on any atom is -0.329 e. The first-order valence-corrected chi connectivity index (χ1v) is 8.34. The highest BCUT2D eigenvalue weighted by Crippen LogP contribution is 2.22. The lowest BCUT2D eigenvalue weighted by molar-refractivity contribution is 0.209. The van der Waals surface area contributed by atoms with Gasteiger partial charge in [-0.3, -0.25) is 4.90 Å². The van der Waals surface area contributed by atoms with E-state index >= 15 is 0 Å². The molecule has 0 aromatic heterocycles. The molecule has 1 saturated heterocycles. The standard InChI is InChI=1S/C18H31N3/c1-15(2)16-6-8-17(9-7-16)18(14-19)20(3)12-13-21-10-4-5-11-21/h6-9,15,18H,4-5,10-14,19H2,1-3H3. The molecule has 0 aliphatic carbocycles. The first kappa shape index (κ1) is 16.5. The second kappa shape index (κ2) is 7.92. The molecule has 1 fully saturated rings. The van der Waals surface area contributed by atoms with Crippen LogP contribution >= 0.6 is 0 Å². The molecule has 0 spiro atoms. The van der Waals surface area contributed by atoms with Crippen LogP contribution in [0.1, 0.15) is 49.8 Å². The Morgan fingerprint density at radius 1 is 1.10 bits per heavy atom. The summed E-state index contributed by atoms with van der Waals surface area (Å²) in [6.45, 7) is 9.94. The fraction of sp³-hybridized carbons (Fsp3) is 0.667. The SMILES string of the molecule is CC(C)c1ccc(C(CN)N(C)CCN2CCCC2)cc1. The second-order valence-electron chi connectivity index (χ2n) is 6.60. The lowest BCUT2D eigenvalue weighted by Crippen LogP contribution is -2.36. The van der Waals surface area contributed by atoms with Gasteiger partial charge in [-0.05, 0) is 50.0 Å². The molecular formula is C18H31N3.